The van der Waals surface area contributed by atoms with Gasteiger partial charge in [0, 0.05) is 6.54 Å². The minimum Gasteiger partial charge on any atom is -0.327 e. The Morgan fingerprint density at radius 2 is 1.58 bits per heavy atom. The maximum absolute atomic E-state index is 13.0. The lowest BCUT2D eigenvalue weighted by Crippen LogP contribution is -2.48. The lowest BCUT2D eigenvalue weighted by atomic mass is 9.94. The zero-order chi connectivity index (χ0) is 9.99. The normalized spacial score (nSPS) is 18.0. The van der Waals surface area contributed by atoms with E-state index in [1.54, 1.807) is 0 Å². The van der Waals surface area contributed by atoms with E-state index in [4.69, 9.17) is 5.73 Å². The van der Waals surface area contributed by atoms with Gasteiger partial charge in [0.25, 0.3) is 0 Å². The van der Waals surface area contributed by atoms with E-state index in [2.05, 4.69) is 0 Å². The van der Waals surface area contributed by atoms with E-state index in [-0.39, 0.29) is 5.92 Å². The molecular weight excluding hydrogens is 174 g/mol. The van der Waals surface area contributed by atoms with Gasteiger partial charge in [-0.3, -0.25) is 0 Å². The predicted molar refractivity (Wildman–Crippen MR) is 38.4 cm³/mol. The van der Waals surface area contributed by atoms with Crippen LogP contribution in [0.1, 0.15) is 20.3 Å². The quantitative estimate of drug-likeness (QED) is 0.674. The molecule has 0 heterocycles. The average Bonchev–Trinajstić information content (AvgIpc) is 1.83. The summed E-state index contributed by atoms with van der Waals surface area (Å²) >= 11 is 0. The molecule has 74 valence electrons. The Bertz CT molecular complexity index is 143. The van der Waals surface area contributed by atoms with Gasteiger partial charge in [0.15, 0.2) is 0 Å². The molecule has 0 aliphatic rings. The minimum absolute atomic E-state index is 0.361. The van der Waals surface area contributed by atoms with Crippen molar-refractivity contribution in [2.45, 2.75) is 32.1 Å². The van der Waals surface area contributed by atoms with Crippen LogP contribution in [0.3, 0.4) is 0 Å². The molecule has 0 aromatic heterocycles. The second kappa shape index (κ2) is 3.60. The third-order valence-corrected chi connectivity index (χ3v) is 1.56. The molecule has 0 fully saturated rings. The molecule has 12 heavy (non-hydrogen) atoms. The first-order chi connectivity index (χ1) is 5.23. The molecule has 0 aliphatic carbocycles. The summed E-state index contributed by atoms with van der Waals surface area (Å²) in [6, 6.07) is 0. The summed E-state index contributed by atoms with van der Waals surface area (Å²) in [5.74, 6) is -0.361. The van der Waals surface area contributed by atoms with Gasteiger partial charge >= 0.3 is 6.18 Å². The largest absolute Gasteiger partial charge is 0.423 e. The Kier molecular flexibility index (Phi) is 3.50. The van der Waals surface area contributed by atoms with Gasteiger partial charge < -0.3 is 5.73 Å². The van der Waals surface area contributed by atoms with Gasteiger partial charge in [0.05, 0.1) is 0 Å². The number of alkyl halides is 4. The van der Waals surface area contributed by atoms with Gasteiger partial charge in [-0.2, -0.15) is 13.2 Å². The van der Waals surface area contributed by atoms with Crippen molar-refractivity contribution in [1.82, 2.24) is 0 Å². The van der Waals surface area contributed by atoms with Gasteiger partial charge in [-0.05, 0) is 12.3 Å². The van der Waals surface area contributed by atoms with E-state index < -0.39 is 24.8 Å². The second-order valence-corrected chi connectivity index (χ2v) is 3.27. The second-order valence-electron chi connectivity index (χ2n) is 3.27. The third kappa shape index (κ3) is 2.62. The van der Waals surface area contributed by atoms with Crippen LogP contribution in [-0.2, 0) is 0 Å². The minimum atomic E-state index is -4.86. The lowest BCUT2D eigenvalue weighted by molar-refractivity contribution is -0.231. The topological polar surface area (TPSA) is 26.0 Å². The van der Waals surface area contributed by atoms with Crippen molar-refractivity contribution < 1.29 is 17.6 Å². The zero-order valence-electron chi connectivity index (χ0n) is 7.08. The van der Waals surface area contributed by atoms with Crippen LogP contribution in [-0.4, -0.2) is 18.4 Å². The monoisotopic (exact) mass is 187 g/mol. The van der Waals surface area contributed by atoms with Crippen LogP contribution < -0.4 is 5.73 Å². The summed E-state index contributed by atoms with van der Waals surface area (Å²) in [4.78, 5) is 0. The first kappa shape index (κ1) is 11.7. The van der Waals surface area contributed by atoms with Crippen LogP contribution in [0.2, 0.25) is 0 Å². The molecule has 1 nitrogen and oxygen atoms in total. The zero-order valence-corrected chi connectivity index (χ0v) is 7.08. The van der Waals surface area contributed by atoms with Gasteiger partial charge in [0.2, 0.25) is 5.67 Å². The Morgan fingerprint density at radius 3 is 1.67 bits per heavy atom. The van der Waals surface area contributed by atoms with E-state index in [1.165, 1.54) is 13.8 Å². The van der Waals surface area contributed by atoms with Crippen LogP contribution in [0.15, 0.2) is 0 Å². The van der Waals surface area contributed by atoms with Crippen LogP contribution in [0.25, 0.3) is 0 Å². The van der Waals surface area contributed by atoms with E-state index in [0.29, 0.717) is 0 Å². The van der Waals surface area contributed by atoms with Crippen molar-refractivity contribution in [3.05, 3.63) is 0 Å². The molecule has 0 saturated carbocycles. The van der Waals surface area contributed by atoms with Crippen LogP contribution in [0.4, 0.5) is 17.6 Å². The molecule has 0 aliphatic heterocycles. The fourth-order valence-electron chi connectivity index (χ4n) is 0.962. The highest BCUT2D eigenvalue weighted by Crippen LogP contribution is 2.37. The highest BCUT2D eigenvalue weighted by atomic mass is 19.4. The van der Waals surface area contributed by atoms with E-state index >= 15 is 0 Å². The highest BCUT2D eigenvalue weighted by molar-refractivity contribution is 4.88. The van der Waals surface area contributed by atoms with Crippen LogP contribution in [0.5, 0.6) is 0 Å². The number of nitrogens with two attached hydrogens (primary N) is 1. The molecule has 0 amide bonds. The average molecular weight is 187 g/mol. The summed E-state index contributed by atoms with van der Waals surface area (Å²) in [5.41, 5.74) is 1.53. The number of halogens is 4. The molecule has 5 heteroatoms. The van der Waals surface area contributed by atoms with E-state index in [1.807, 2.05) is 0 Å². The fourth-order valence-corrected chi connectivity index (χ4v) is 0.962. The SMILES string of the molecule is CC(C)CC(F)(CN)C(F)(F)F. The van der Waals surface area contributed by atoms with Crippen LogP contribution in [0, 0.1) is 5.92 Å². The van der Waals surface area contributed by atoms with Crippen molar-refractivity contribution in [2.75, 3.05) is 6.54 Å². The molecule has 0 rings (SSSR count). The molecule has 0 radical (unpaired) electrons. The van der Waals surface area contributed by atoms with Gasteiger partial charge in [-0.15, -0.1) is 0 Å². The fraction of sp³-hybridized carbons (Fsp3) is 1.00. The first-order valence-corrected chi connectivity index (χ1v) is 3.68. The van der Waals surface area contributed by atoms with Crippen molar-refractivity contribution in [2.24, 2.45) is 11.7 Å². The van der Waals surface area contributed by atoms with Gasteiger partial charge in [-0.25, -0.2) is 4.39 Å². The molecule has 1 atom stereocenters. The number of hydrogen-bond donors (Lipinski definition) is 1. The smallest absolute Gasteiger partial charge is 0.327 e. The van der Waals surface area contributed by atoms with E-state index in [0.717, 1.165) is 0 Å². The summed E-state index contributed by atoms with van der Waals surface area (Å²) in [6.45, 7) is 2.04. The third-order valence-electron chi connectivity index (χ3n) is 1.56. The molecule has 1 unspecified atom stereocenters. The van der Waals surface area contributed by atoms with Gasteiger partial charge in [0.1, 0.15) is 0 Å². The molecule has 0 spiro atoms. The molecule has 0 bridgehead atoms. The van der Waals surface area contributed by atoms with Crippen molar-refractivity contribution >= 4 is 0 Å². The predicted octanol–water partition coefficient (Wildman–Crippen LogP) is 2.26. The summed E-state index contributed by atoms with van der Waals surface area (Å²) in [6.07, 6.45) is -5.43. The number of hydrogen-bond acceptors (Lipinski definition) is 1. The van der Waals surface area contributed by atoms with Crippen molar-refractivity contribution in [1.29, 1.82) is 0 Å². The Balaban J connectivity index is 4.46. The van der Waals surface area contributed by atoms with Gasteiger partial charge in [-0.1, -0.05) is 13.8 Å². The summed E-state index contributed by atoms with van der Waals surface area (Å²) < 4.78 is 49.1. The Morgan fingerprint density at radius 1 is 1.17 bits per heavy atom. The molecule has 2 N–H and O–H groups in total. The number of rotatable bonds is 3. The molecule has 0 saturated heterocycles. The maximum Gasteiger partial charge on any atom is 0.423 e. The first-order valence-electron chi connectivity index (χ1n) is 3.68. The standard InChI is InChI=1S/C7H13F4N/c1-5(2)3-6(8,4-12)7(9,10)11/h5H,3-4,12H2,1-2H3. The summed E-state index contributed by atoms with van der Waals surface area (Å²) in [7, 11) is 0. The molecule has 0 aromatic carbocycles. The van der Waals surface area contributed by atoms with Crippen molar-refractivity contribution in [3.63, 3.8) is 0 Å². The summed E-state index contributed by atoms with van der Waals surface area (Å²) in [5, 5.41) is 0. The Hall–Kier alpha value is -0.320. The lowest BCUT2D eigenvalue weighted by Gasteiger charge is -2.27. The Labute approximate surface area is 68.9 Å². The maximum atomic E-state index is 13.0. The highest BCUT2D eigenvalue weighted by Gasteiger charge is 2.54. The van der Waals surface area contributed by atoms with Crippen LogP contribution >= 0.6 is 0 Å². The van der Waals surface area contributed by atoms with E-state index in [9.17, 15) is 17.6 Å². The van der Waals surface area contributed by atoms with Crippen molar-refractivity contribution in [3.8, 4) is 0 Å². The molecular formula is C7H13F4N. The molecule has 0 aromatic rings.